The molecule has 6 heteroatoms. The maximum Gasteiger partial charge on any atom is 0.265 e. The number of fused-ring (bicyclic) bond motifs is 4. The SMILES string of the molecule is Cc1ccc(Cn2c(C)nc3c(c2=O)c2nc4ccccc4nc2n3-c2ccccc2C)cc1. The molecule has 0 aliphatic heterocycles. The van der Waals surface area contributed by atoms with Crippen molar-refractivity contribution in [2.75, 3.05) is 0 Å². The van der Waals surface area contributed by atoms with Gasteiger partial charge in [0, 0.05) is 0 Å². The van der Waals surface area contributed by atoms with Crippen LogP contribution in [0.25, 0.3) is 38.9 Å². The zero-order valence-corrected chi connectivity index (χ0v) is 19.3. The van der Waals surface area contributed by atoms with E-state index in [1.54, 1.807) is 4.57 Å². The molecule has 0 bridgehead atoms. The average Bonchev–Trinajstić information content (AvgIpc) is 3.14. The first kappa shape index (κ1) is 20.3. The molecule has 34 heavy (non-hydrogen) atoms. The van der Waals surface area contributed by atoms with Gasteiger partial charge in [-0.2, -0.15) is 0 Å². The number of benzene rings is 3. The van der Waals surface area contributed by atoms with Crippen molar-refractivity contribution in [3.63, 3.8) is 0 Å². The lowest BCUT2D eigenvalue weighted by Crippen LogP contribution is -2.24. The second-order valence-electron chi connectivity index (χ2n) is 8.74. The van der Waals surface area contributed by atoms with Crippen LogP contribution < -0.4 is 5.56 Å². The first-order valence-electron chi connectivity index (χ1n) is 11.3. The van der Waals surface area contributed by atoms with E-state index in [1.807, 2.05) is 66.9 Å². The molecule has 6 nitrogen and oxygen atoms in total. The Balaban J connectivity index is 1.73. The third-order valence-corrected chi connectivity index (χ3v) is 6.37. The molecule has 6 aromatic rings. The lowest BCUT2D eigenvalue weighted by Gasteiger charge is -2.12. The van der Waals surface area contributed by atoms with Gasteiger partial charge in [0.25, 0.3) is 5.56 Å². The minimum atomic E-state index is -0.106. The van der Waals surface area contributed by atoms with Crippen molar-refractivity contribution >= 4 is 33.2 Å². The topological polar surface area (TPSA) is 65.6 Å². The normalized spacial score (nSPS) is 11.6. The van der Waals surface area contributed by atoms with Crippen molar-refractivity contribution in [2.45, 2.75) is 27.3 Å². The van der Waals surface area contributed by atoms with Crippen LogP contribution in [0.2, 0.25) is 0 Å². The summed E-state index contributed by atoms with van der Waals surface area (Å²) in [4.78, 5) is 28.7. The summed E-state index contributed by atoms with van der Waals surface area (Å²) >= 11 is 0. The van der Waals surface area contributed by atoms with E-state index in [1.165, 1.54) is 5.56 Å². The van der Waals surface area contributed by atoms with Gasteiger partial charge in [-0.3, -0.25) is 13.9 Å². The summed E-state index contributed by atoms with van der Waals surface area (Å²) in [5, 5.41) is 0.495. The molecule has 0 aliphatic carbocycles. The van der Waals surface area contributed by atoms with E-state index in [-0.39, 0.29) is 5.56 Å². The maximum atomic E-state index is 13.9. The number of aryl methyl sites for hydroxylation is 3. The van der Waals surface area contributed by atoms with E-state index >= 15 is 0 Å². The maximum absolute atomic E-state index is 13.9. The van der Waals surface area contributed by atoms with Crippen molar-refractivity contribution in [1.29, 1.82) is 0 Å². The number of hydrogen-bond donors (Lipinski definition) is 0. The highest BCUT2D eigenvalue weighted by molar-refractivity contribution is 6.06. The predicted molar refractivity (Wildman–Crippen MR) is 136 cm³/mol. The van der Waals surface area contributed by atoms with E-state index in [2.05, 4.69) is 31.2 Å². The van der Waals surface area contributed by atoms with Gasteiger partial charge in [0.05, 0.1) is 23.3 Å². The molecule has 0 atom stereocenters. The summed E-state index contributed by atoms with van der Waals surface area (Å²) in [6.07, 6.45) is 0. The fourth-order valence-electron chi connectivity index (χ4n) is 4.54. The Morgan fingerprint density at radius 3 is 2.15 bits per heavy atom. The molecule has 6 rings (SSSR count). The van der Waals surface area contributed by atoms with Crippen LogP contribution in [0.1, 0.15) is 22.5 Å². The van der Waals surface area contributed by atoms with Crippen LogP contribution in [0.3, 0.4) is 0 Å². The smallest absolute Gasteiger partial charge is 0.265 e. The average molecular weight is 446 g/mol. The highest BCUT2D eigenvalue weighted by atomic mass is 16.1. The van der Waals surface area contributed by atoms with Crippen LogP contribution in [0, 0.1) is 20.8 Å². The van der Waals surface area contributed by atoms with Gasteiger partial charge in [0.2, 0.25) is 0 Å². The molecule has 3 heterocycles. The fourth-order valence-corrected chi connectivity index (χ4v) is 4.54. The molecule has 0 amide bonds. The Morgan fingerprint density at radius 2 is 1.41 bits per heavy atom. The Bertz CT molecular complexity index is 1780. The van der Waals surface area contributed by atoms with Crippen molar-refractivity contribution < 1.29 is 0 Å². The zero-order chi connectivity index (χ0) is 23.4. The Labute approximate surface area is 196 Å². The summed E-state index contributed by atoms with van der Waals surface area (Å²) in [6.45, 7) is 6.43. The molecule has 0 spiro atoms. The minimum absolute atomic E-state index is 0.106. The predicted octanol–water partition coefficient (Wildman–Crippen LogP) is 5.26. The summed E-state index contributed by atoms with van der Waals surface area (Å²) in [6, 6.07) is 24.0. The number of nitrogens with zero attached hydrogens (tertiary/aromatic N) is 5. The first-order valence-corrected chi connectivity index (χ1v) is 11.3. The number of hydrogen-bond acceptors (Lipinski definition) is 4. The van der Waals surface area contributed by atoms with Gasteiger partial charge < -0.3 is 0 Å². The second-order valence-corrected chi connectivity index (χ2v) is 8.74. The monoisotopic (exact) mass is 445 g/mol. The molecule has 0 fully saturated rings. The Kier molecular flexibility index (Phi) is 4.55. The highest BCUT2D eigenvalue weighted by Crippen LogP contribution is 2.30. The number of rotatable bonds is 3. The van der Waals surface area contributed by atoms with Crippen LogP contribution in [0.15, 0.2) is 77.6 Å². The largest absolute Gasteiger partial charge is 0.292 e. The van der Waals surface area contributed by atoms with Crippen molar-refractivity contribution in [3.05, 3.63) is 106 Å². The molecule has 0 N–H and O–H groups in total. The Hall–Kier alpha value is -4.32. The molecular formula is C28H23N5O. The number of para-hydroxylation sites is 3. The van der Waals surface area contributed by atoms with Gasteiger partial charge in [-0.05, 0) is 50.1 Å². The van der Waals surface area contributed by atoms with E-state index in [0.29, 0.717) is 34.6 Å². The van der Waals surface area contributed by atoms with E-state index in [4.69, 9.17) is 15.0 Å². The summed E-state index contributed by atoms with van der Waals surface area (Å²) in [7, 11) is 0. The lowest BCUT2D eigenvalue weighted by atomic mass is 10.1. The molecule has 0 unspecified atom stereocenters. The summed E-state index contributed by atoms with van der Waals surface area (Å²) in [5.41, 5.74) is 7.47. The summed E-state index contributed by atoms with van der Waals surface area (Å²) < 4.78 is 3.70. The highest BCUT2D eigenvalue weighted by Gasteiger charge is 2.22. The third-order valence-electron chi connectivity index (χ3n) is 6.37. The molecule has 3 aromatic heterocycles. The molecule has 0 radical (unpaired) electrons. The van der Waals surface area contributed by atoms with Gasteiger partial charge in [0.1, 0.15) is 16.7 Å². The first-order chi connectivity index (χ1) is 16.5. The fraction of sp³-hybridized carbons (Fsp3) is 0.143. The molecule has 0 aliphatic rings. The van der Waals surface area contributed by atoms with Gasteiger partial charge in [-0.15, -0.1) is 0 Å². The van der Waals surface area contributed by atoms with Crippen LogP contribution in [-0.2, 0) is 6.54 Å². The van der Waals surface area contributed by atoms with Crippen molar-refractivity contribution in [2.24, 2.45) is 0 Å². The minimum Gasteiger partial charge on any atom is -0.292 e. The van der Waals surface area contributed by atoms with Gasteiger partial charge >= 0.3 is 0 Å². The van der Waals surface area contributed by atoms with Crippen molar-refractivity contribution in [3.8, 4) is 5.69 Å². The molecule has 0 saturated heterocycles. The van der Waals surface area contributed by atoms with Crippen LogP contribution >= 0.6 is 0 Å². The van der Waals surface area contributed by atoms with Gasteiger partial charge in [-0.1, -0.05) is 60.2 Å². The van der Waals surface area contributed by atoms with E-state index in [0.717, 1.165) is 27.8 Å². The van der Waals surface area contributed by atoms with Crippen LogP contribution in [-0.4, -0.2) is 24.1 Å². The molecule has 166 valence electrons. The second kappa shape index (κ2) is 7.63. The molecule has 0 saturated carbocycles. The van der Waals surface area contributed by atoms with Crippen molar-refractivity contribution in [1.82, 2.24) is 24.1 Å². The summed E-state index contributed by atoms with van der Waals surface area (Å²) in [5.74, 6) is 0.653. The molecule has 3 aromatic carbocycles. The zero-order valence-electron chi connectivity index (χ0n) is 19.3. The van der Waals surface area contributed by atoms with E-state index in [9.17, 15) is 4.79 Å². The number of aromatic nitrogens is 5. The quantitative estimate of drug-likeness (QED) is 0.373. The van der Waals surface area contributed by atoms with Crippen LogP contribution in [0.5, 0.6) is 0 Å². The lowest BCUT2D eigenvalue weighted by molar-refractivity contribution is 0.711. The third kappa shape index (κ3) is 3.10. The standard InChI is InChI=1S/C28H23N5O/c1-17-12-14-20(15-13-17)16-32-19(3)29-26-24(28(32)34)25-27(31-22-10-6-5-9-21(22)30-25)33(26)23-11-7-4-8-18(23)2/h4-15H,16H2,1-3H3. The van der Waals surface area contributed by atoms with Crippen LogP contribution in [0.4, 0.5) is 0 Å². The van der Waals surface area contributed by atoms with Gasteiger partial charge in [0.15, 0.2) is 11.3 Å². The Morgan fingerprint density at radius 1 is 0.735 bits per heavy atom. The molecular weight excluding hydrogens is 422 g/mol. The van der Waals surface area contributed by atoms with E-state index < -0.39 is 0 Å². The van der Waals surface area contributed by atoms with Gasteiger partial charge in [-0.25, -0.2) is 15.0 Å².